The molecule has 31 heavy (non-hydrogen) atoms. The second-order valence-corrected chi connectivity index (χ2v) is 9.83. The lowest BCUT2D eigenvalue weighted by molar-refractivity contribution is -0.0141. The Balaban J connectivity index is 1.52. The molecule has 2 aromatic carbocycles. The van der Waals surface area contributed by atoms with Gasteiger partial charge in [-0.25, -0.2) is 17.2 Å². The normalized spacial score (nSPS) is 20.7. The van der Waals surface area contributed by atoms with Crippen LogP contribution >= 0.6 is 0 Å². The van der Waals surface area contributed by atoms with Crippen molar-refractivity contribution < 1.29 is 21.9 Å². The highest BCUT2D eigenvalue weighted by atomic mass is 32.2. The number of amidine groups is 1. The number of rotatable bonds is 6. The van der Waals surface area contributed by atoms with Crippen LogP contribution in [0.2, 0.25) is 0 Å². The van der Waals surface area contributed by atoms with Gasteiger partial charge in [-0.05, 0) is 42.7 Å². The van der Waals surface area contributed by atoms with Crippen molar-refractivity contribution in [1.82, 2.24) is 4.90 Å². The van der Waals surface area contributed by atoms with Gasteiger partial charge in [-0.2, -0.15) is 0 Å². The molecule has 8 heteroatoms. The number of ether oxygens (including phenoxy) is 1. The van der Waals surface area contributed by atoms with Gasteiger partial charge in [-0.15, -0.1) is 4.40 Å². The van der Waals surface area contributed by atoms with Crippen LogP contribution in [0.25, 0.3) is 0 Å². The monoisotopic (exact) mass is 448 g/mol. The minimum Gasteiger partial charge on any atom is -0.457 e. The van der Waals surface area contributed by atoms with Gasteiger partial charge >= 0.3 is 0 Å². The zero-order valence-corrected chi connectivity index (χ0v) is 18.2. The number of hydrogen-bond acceptors (Lipinski definition) is 4. The van der Waals surface area contributed by atoms with Crippen molar-refractivity contribution >= 4 is 15.9 Å². The molecule has 2 aliphatic heterocycles. The smallest absolute Gasteiger partial charge is 0.273 e. The third kappa shape index (κ3) is 4.89. The van der Waals surface area contributed by atoms with Gasteiger partial charge in [0.05, 0.1) is 5.75 Å². The van der Waals surface area contributed by atoms with Crippen LogP contribution in [-0.4, -0.2) is 38.0 Å². The number of sulfonamides is 1. The van der Waals surface area contributed by atoms with Crippen LogP contribution in [0.15, 0.2) is 52.9 Å². The molecule has 4 rings (SSSR count). The number of nitrogens with zero attached hydrogens (tertiary/aromatic N) is 2. The van der Waals surface area contributed by atoms with Crippen molar-refractivity contribution in [2.45, 2.75) is 44.4 Å². The van der Waals surface area contributed by atoms with E-state index in [9.17, 15) is 17.2 Å². The second kappa shape index (κ2) is 8.57. The fourth-order valence-electron chi connectivity index (χ4n) is 4.18. The van der Waals surface area contributed by atoms with Crippen LogP contribution in [0.3, 0.4) is 0 Å². The second-order valence-electron chi connectivity index (χ2n) is 8.07. The topological polar surface area (TPSA) is 59.0 Å². The van der Waals surface area contributed by atoms with Gasteiger partial charge in [0.25, 0.3) is 15.9 Å². The summed E-state index contributed by atoms with van der Waals surface area (Å²) in [6.45, 7) is 3.04. The lowest BCUT2D eigenvalue weighted by Gasteiger charge is -2.37. The van der Waals surface area contributed by atoms with Crippen LogP contribution in [0.1, 0.15) is 49.7 Å². The van der Waals surface area contributed by atoms with Crippen molar-refractivity contribution in [2.24, 2.45) is 4.40 Å². The summed E-state index contributed by atoms with van der Waals surface area (Å²) in [4.78, 5) is 2.06. The van der Waals surface area contributed by atoms with E-state index in [-0.39, 0.29) is 23.7 Å². The van der Waals surface area contributed by atoms with Crippen molar-refractivity contribution in [1.29, 1.82) is 0 Å². The largest absolute Gasteiger partial charge is 0.457 e. The van der Waals surface area contributed by atoms with E-state index in [0.29, 0.717) is 30.3 Å². The van der Waals surface area contributed by atoms with E-state index in [1.54, 1.807) is 31.2 Å². The highest BCUT2D eigenvalue weighted by Gasteiger charge is 2.33. The molecular formula is C23H26F2N2O3S. The quantitative estimate of drug-likeness (QED) is 0.602. The Kier molecular flexibility index (Phi) is 6.01. The maximum absolute atomic E-state index is 14.2. The molecule has 2 heterocycles. The van der Waals surface area contributed by atoms with Crippen molar-refractivity contribution in [2.75, 3.05) is 18.8 Å². The Morgan fingerprint density at radius 1 is 1.13 bits per heavy atom. The van der Waals surface area contributed by atoms with E-state index in [1.165, 1.54) is 12.1 Å². The van der Waals surface area contributed by atoms with Crippen LogP contribution < -0.4 is 4.74 Å². The summed E-state index contributed by atoms with van der Waals surface area (Å²) in [5.74, 6) is -1.39. The first-order valence-corrected chi connectivity index (χ1v) is 12.2. The fraction of sp³-hybridized carbons (Fsp3) is 0.435. The van der Waals surface area contributed by atoms with Gasteiger partial charge in [-0.1, -0.05) is 37.6 Å². The summed E-state index contributed by atoms with van der Waals surface area (Å²) in [6.07, 6.45) is 1.99. The molecule has 0 amide bonds. The van der Waals surface area contributed by atoms with E-state index in [4.69, 9.17) is 4.74 Å². The molecule has 0 saturated carbocycles. The number of benzene rings is 2. The molecule has 1 fully saturated rings. The maximum atomic E-state index is 14.2. The highest BCUT2D eigenvalue weighted by Crippen LogP contribution is 2.36. The van der Waals surface area contributed by atoms with Crippen molar-refractivity contribution in [3.63, 3.8) is 0 Å². The molecule has 0 bridgehead atoms. The minimum atomic E-state index is -3.40. The average Bonchev–Trinajstić information content (AvgIpc) is 2.74. The molecule has 2 aliphatic rings. The average molecular weight is 449 g/mol. The van der Waals surface area contributed by atoms with Crippen molar-refractivity contribution in [3.05, 3.63) is 59.7 Å². The van der Waals surface area contributed by atoms with Crippen LogP contribution in [0.5, 0.6) is 11.5 Å². The summed E-state index contributed by atoms with van der Waals surface area (Å²) in [7, 11) is -3.40. The third-order valence-electron chi connectivity index (χ3n) is 5.75. The molecule has 0 aliphatic carbocycles. The van der Waals surface area contributed by atoms with Gasteiger partial charge in [0.2, 0.25) is 0 Å². The predicted octanol–water partition coefficient (Wildman–Crippen LogP) is 5.29. The molecule has 5 nitrogen and oxygen atoms in total. The molecule has 0 spiro atoms. The third-order valence-corrected chi connectivity index (χ3v) is 6.91. The summed E-state index contributed by atoms with van der Waals surface area (Å²) in [5, 5.41) is 0. The van der Waals surface area contributed by atoms with Crippen LogP contribution in [0, 0.1) is 0 Å². The van der Waals surface area contributed by atoms with Gasteiger partial charge in [0.15, 0.2) is 0 Å². The van der Waals surface area contributed by atoms with E-state index in [2.05, 4.69) is 9.30 Å². The lowest BCUT2D eigenvalue weighted by Crippen LogP contribution is -2.46. The van der Waals surface area contributed by atoms with Crippen molar-refractivity contribution in [3.8, 4) is 11.5 Å². The number of hydrogen-bond donors (Lipinski definition) is 0. The Bertz CT molecular complexity index is 1070. The minimum absolute atomic E-state index is 0.0534. The van der Waals surface area contributed by atoms with E-state index >= 15 is 0 Å². The number of fused-ring (bicyclic) bond motifs is 1. The maximum Gasteiger partial charge on any atom is 0.273 e. The fourth-order valence-corrected chi connectivity index (χ4v) is 5.25. The molecule has 166 valence electrons. The standard InChI is InChI=1S/C23H26F2N2O3S/c1-2-12-23(24,25)18-5-3-6-20(16-18)30-19-10-8-17(9-11-19)21-7-4-13-27-14-15-31(28,29)26-22(21)27/h3,5-6,8-11,16,21H,2,4,7,12-15H2,1H3. The van der Waals surface area contributed by atoms with Gasteiger partial charge < -0.3 is 9.64 Å². The van der Waals surface area contributed by atoms with E-state index in [1.807, 2.05) is 12.1 Å². The Labute approximate surface area is 181 Å². The Morgan fingerprint density at radius 2 is 1.90 bits per heavy atom. The molecule has 2 aromatic rings. The molecular weight excluding hydrogens is 422 g/mol. The zero-order valence-electron chi connectivity index (χ0n) is 17.4. The number of alkyl halides is 2. The summed E-state index contributed by atoms with van der Waals surface area (Å²) < 4.78 is 62.3. The molecule has 0 aromatic heterocycles. The zero-order chi connectivity index (χ0) is 22.1. The molecule has 1 unspecified atom stereocenters. The van der Waals surface area contributed by atoms with Gasteiger partial charge in [0, 0.05) is 31.0 Å². The molecule has 0 N–H and O–H groups in total. The number of piperidine rings is 1. The van der Waals surface area contributed by atoms with Gasteiger partial charge in [0.1, 0.15) is 17.3 Å². The Morgan fingerprint density at radius 3 is 2.65 bits per heavy atom. The molecule has 1 atom stereocenters. The first-order valence-electron chi connectivity index (χ1n) is 10.6. The van der Waals surface area contributed by atoms with Gasteiger partial charge in [-0.3, -0.25) is 0 Å². The molecule has 0 radical (unpaired) electrons. The summed E-state index contributed by atoms with van der Waals surface area (Å²) >= 11 is 0. The SMILES string of the molecule is CCCC(F)(F)c1cccc(Oc2ccc(C3CCCN4CCS(=O)(=O)N=C34)cc2)c1. The summed E-state index contributed by atoms with van der Waals surface area (Å²) in [5.41, 5.74) is 0.915. The highest BCUT2D eigenvalue weighted by molar-refractivity contribution is 7.90. The van der Waals surface area contributed by atoms with Crippen LogP contribution in [0.4, 0.5) is 8.78 Å². The number of halogens is 2. The predicted molar refractivity (Wildman–Crippen MR) is 117 cm³/mol. The Hall–Kier alpha value is -2.48. The lowest BCUT2D eigenvalue weighted by atomic mass is 9.89. The first-order chi connectivity index (χ1) is 14.8. The summed E-state index contributed by atoms with van der Waals surface area (Å²) in [6, 6.07) is 13.4. The van der Waals surface area contributed by atoms with E-state index in [0.717, 1.165) is 24.9 Å². The van der Waals surface area contributed by atoms with Crippen LogP contribution in [-0.2, 0) is 15.9 Å². The van der Waals surface area contributed by atoms with E-state index < -0.39 is 15.9 Å². The first kappa shape index (κ1) is 21.7. The molecule has 1 saturated heterocycles.